The Bertz CT molecular complexity index is 506. The van der Waals surface area contributed by atoms with Gasteiger partial charge in [0.1, 0.15) is 12.2 Å². The summed E-state index contributed by atoms with van der Waals surface area (Å²) in [6, 6.07) is 0.254. The van der Waals surface area contributed by atoms with E-state index >= 15 is 0 Å². The summed E-state index contributed by atoms with van der Waals surface area (Å²) in [5, 5.41) is 2.33. The fourth-order valence-corrected chi connectivity index (χ4v) is 5.27. The molecule has 2 aliphatic heterocycles. The summed E-state index contributed by atoms with van der Waals surface area (Å²) < 4.78 is 13.4. The van der Waals surface area contributed by atoms with E-state index in [4.69, 9.17) is 14.3 Å². The largest absolute Gasteiger partial charge is 0.368 e. The molecule has 1 spiro atoms. The minimum atomic E-state index is -0.203. The molecule has 1 saturated carbocycles. The summed E-state index contributed by atoms with van der Waals surface area (Å²) in [6.07, 6.45) is 8.97. The zero-order chi connectivity index (χ0) is 19.2. The molecule has 4 nitrogen and oxygen atoms in total. The number of hydroxylamine groups is 2. The standard InChI is InChI=1S/C22H39NO3/c1-8-9-10-13-17-18(25-20(2,3)4)19(26-21(5,6)7)22-14-11-12-16(22)15-24-23(17)22/h8,16-19H,1,9-15H2,2-7H3/t16-,17-,18-,19+,22-/m0/s1. The van der Waals surface area contributed by atoms with E-state index in [1.165, 1.54) is 12.8 Å². The summed E-state index contributed by atoms with van der Waals surface area (Å²) in [6.45, 7) is 17.6. The van der Waals surface area contributed by atoms with Gasteiger partial charge in [-0.2, -0.15) is 5.06 Å². The molecule has 1 aliphatic carbocycles. The molecule has 0 radical (unpaired) electrons. The van der Waals surface area contributed by atoms with Gasteiger partial charge in [-0.1, -0.05) is 12.5 Å². The smallest absolute Gasteiger partial charge is 0.107 e. The number of allylic oxidation sites excluding steroid dienone is 1. The van der Waals surface area contributed by atoms with Gasteiger partial charge in [-0.25, -0.2) is 0 Å². The minimum absolute atomic E-state index is 0.0119. The van der Waals surface area contributed by atoms with Crippen LogP contribution >= 0.6 is 0 Å². The van der Waals surface area contributed by atoms with Crippen LogP contribution in [-0.2, 0) is 14.3 Å². The lowest BCUT2D eigenvalue weighted by Crippen LogP contribution is -2.53. The molecule has 3 aliphatic rings. The van der Waals surface area contributed by atoms with Gasteiger partial charge in [-0.15, -0.1) is 6.58 Å². The Morgan fingerprint density at radius 3 is 2.46 bits per heavy atom. The second kappa shape index (κ2) is 7.20. The Morgan fingerprint density at radius 1 is 1.15 bits per heavy atom. The van der Waals surface area contributed by atoms with E-state index in [1.54, 1.807) is 0 Å². The van der Waals surface area contributed by atoms with E-state index in [1.807, 2.05) is 6.08 Å². The molecule has 4 heteroatoms. The molecule has 2 heterocycles. The van der Waals surface area contributed by atoms with Gasteiger partial charge in [-0.05, 0) is 73.6 Å². The van der Waals surface area contributed by atoms with Crippen molar-refractivity contribution in [2.24, 2.45) is 5.92 Å². The van der Waals surface area contributed by atoms with Crippen molar-refractivity contribution in [1.82, 2.24) is 5.06 Å². The summed E-state index contributed by atoms with van der Waals surface area (Å²) in [7, 11) is 0. The third-order valence-electron chi connectivity index (χ3n) is 6.01. The van der Waals surface area contributed by atoms with Crippen LogP contribution < -0.4 is 0 Å². The third-order valence-corrected chi connectivity index (χ3v) is 6.01. The molecule has 5 atom stereocenters. The lowest BCUT2D eigenvalue weighted by molar-refractivity contribution is -0.192. The van der Waals surface area contributed by atoms with Gasteiger partial charge < -0.3 is 9.47 Å². The summed E-state index contributed by atoms with van der Waals surface area (Å²) in [4.78, 5) is 6.31. The van der Waals surface area contributed by atoms with Crippen molar-refractivity contribution in [3.63, 3.8) is 0 Å². The van der Waals surface area contributed by atoms with E-state index in [0.717, 1.165) is 32.3 Å². The molecule has 2 saturated heterocycles. The minimum Gasteiger partial charge on any atom is -0.368 e. The molecule has 3 rings (SSSR count). The van der Waals surface area contributed by atoms with Gasteiger partial charge >= 0.3 is 0 Å². The highest BCUT2D eigenvalue weighted by Gasteiger charge is 2.69. The van der Waals surface area contributed by atoms with Crippen LogP contribution in [0, 0.1) is 5.92 Å². The van der Waals surface area contributed by atoms with Crippen LogP contribution in [0.15, 0.2) is 12.7 Å². The van der Waals surface area contributed by atoms with Crippen LogP contribution in [0.5, 0.6) is 0 Å². The first-order chi connectivity index (χ1) is 12.1. The Morgan fingerprint density at radius 2 is 1.85 bits per heavy atom. The number of hydrogen-bond donors (Lipinski definition) is 0. The molecule has 0 N–H and O–H groups in total. The molecular formula is C22H39NO3. The van der Waals surface area contributed by atoms with Crippen LogP contribution in [-0.4, -0.2) is 46.7 Å². The number of nitrogens with zero attached hydrogens (tertiary/aromatic N) is 1. The average molecular weight is 366 g/mol. The van der Waals surface area contributed by atoms with Gasteiger partial charge in [0.15, 0.2) is 0 Å². The van der Waals surface area contributed by atoms with E-state index in [2.05, 4.69) is 53.2 Å². The summed E-state index contributed by atoms with van der Waals surface area (Å²) in [5.74, 6) is 0.560. The van der Waals surface area contributed by atoms with Crippen LogP contribution in [0.2, 0.25) is 0 Å². The van der Waals surface area contributed by atoms with Crippen molar-refractivity contribution < 1.29 is 14.3 Å². The highest BCUT2D eigenvalue weighted by Crippen LogP contribution is 2.56. The molecular weight excluding hydrogens is 326 g/mol. The number of ether oxygens (including phenoxy) is 2. The van der Waals surface area contributed by atoms with E-state index in [-0.39, 0.29) is 35.0 Å². The fraction of sp³-hybridized carbons (Fsp3) is 0.909. The SMILES string of the molecule is C=CCCC[C@H]1[C@H](OC(C)(C)C)[C@@H](OC(C)(C)C)[C@]23CCC[C@H]2CON13. The highest BCUT2D eigenvalue weighted by atomic mass is 16.7. The maximum Gasteiger partial charge on any atom is 0.107 e. The molecule has 0 unspecified atom stereocenters. The quantitative estimate of drug-likeness (QED) is 0.496. The fourth-order valence-electron chi connectivity index (χ4n) is 5.27. The van der Waals surface area contributed by atoms with Crippen LogP contribution in [0.4, 0.5) is 0 Å². The lowest BCUT2D eigenvalue weighted by atomic mass is 9.83. The molecule has 0 bridgehead atoms. The van der Waals surface area contributed by atoms with Crippen molar-refractivity contribution >= 4 is 0 Å². The van der Waals surface area contributed by atoms with Gasteiger partial charge in [0.2, 0.25) is 0 Å². The van der Waals surface area contributed by atoms with Crippen molar-refractivity contribution in [3.8, 4) is 0 Å². The van der Waals surface area contributed by atoms with Gasteiger partial charge in [0, 0.05) is 5.92 Å². The Kier molecular flexibility index (Phi) is 5.62. The Labute approximate surface area is 160 Å². The monoisotopic (exact) mass is 365 g/mol. The van der Waals surface area contributed by atoms with E-state index in [0.29, 0.717) is 5.92 Å². The van der Waals surface area contributed by atoms with Gasteiger partial charge in [0.25, 0.3) is 0 Å². The molecule has 3 fully saturated rings. The predicted octanol–water partition coefficient (Wildman–Crippen LogP) is 4.88. The zero-order valence-corrected chi connectivity index (χ0v) is 17.7. The third kappa shape index (κ3) is 3.76. The molecule has 0 aromatic carbocycles. The zero-order valence-electron chi connectivity index (χ0n) is 17.7. The lowest BCUT2D eigenvalue weighted by Gasteiger charge is -2.40. The number of unbranched alkanes of at least 4 members (excludes halogenated alkanes) is 1. The molecule has 0 aromatic heterocycles. The normalized spacial score (nSPS) is 37.8. The maximum atomic E-state index is 6.75. The molecule has 26 heavy (non-hydrogen) atoms. The van der Waals surface area contributed by atoms with Crippen LogP contribution in [0.3, 0.4) is 0 Å². The van der Waals surface area contributed by atoms with Crippen LogP contribution in [0.1, 0.15) is 80.1 Å². The van der Waals surface area contributed by atoms with Crippen molar-refractivity contribution in [2.45, 2.75) is 115 Å². The topological polar surface area (TPSA) is 30.9 Å². The highest BCUT2D eigenvalue weighted by molar-refractivity contribution is 5.18. The summed E-state index contributed by atoms with van der Waals surface area (Å²) in [5.41, 5.74) is -0.413. The molecule has 0 aromatic rings. The van der Waals surface area contributed by atoms with E-state index in [9.17, 15) is 0 Å². The number of hydrogen-bond acceptors (Lipinski definition) is 4. The second-order valence-corrected chi connectivity index (χ2v) is 10.3. The van der Waals surface area contributed by atoms with Gasteiger partial charge in [-0.3, -0.25) is 4.84 Å². The summed E-state index contributed by atoms with van der Waals surface area (Å²) >= 11 is 0. The molecule has 0 amide bonds. The van der Waals surface area contributed by atoms with Crippen molar-refractivity contribution in [2.75, 3.05) is 6.61 Å². The first kappa shape index (κ1) is 20.3. The Balaban J connectivity index is 1.96. The second-order valence-electron chi connectivity index (χ2n) is 10.3. The Hall–Kier alpha value is -0.420. The first-order valence-corrected chi connectivity index (χ1v) is 10.5. The average Bonchev–Trinajstić information content (AvgIpc) is 3.10. The maximum absolute atomic E-state index is 6.75. The van der Waals surface area contributed by atoms with E-state index < -0.39 is 0 Å². The molecule has 150 valence electrons. The predicted molar refractivity (Wildman–Crippen MR) is 105 cm³/mol. The van der Waals surface area contributed by atoms with Crippen molar-refractivity contribution in [1.29, 1.82) is 0 Å². The first-order valence-electron chi connectivity index (χ1n) is 10.5. The number of rotatable bonds is 6. The van der Waals surface area contributed by atoms with Gasteiger partial charge in [0.05, 0.1) is 29.4 Å². The van der Waals surface area contributed by atoms with Crippen molar-refractivity contribution in [3.05, 3.63) is 12.7 Å². The van der Waals surface area contributed by atoms with Crippen LogP contribution in [0.25, 0.3) is 0 Å².